The number of thioether (sulfide) groups is 1. The molecular formula is C36H29ClN2O4S2. The van der Waals surface area contributed by atoms with Gasteiger partial charge in [0.15, 0.2) is 4.80 Å². The van der Waals surface area contributed by atoms with Crippen LogP contribution in [0.2, 0.25) is 5.02 Å². The first kappa shape index (κ1) is 30.6. The van der Waals surface area contributed by atoms with E-state index in [9.17, 15) is 9.59 Å². The van der Waals surface area contributed by atoms with Crippen molar-refractivity contribution in [1.82, 2.24) is 4.57 Å². The van der Waals surface area contributed by atoms with E-state index in [2.05, 4.69) is 0 Å². The van der Waals surface area contributed by atoms with Crippen molar-refractivity contribution >= 4 is 52.4 Å². The zero-order chi connectivity index (χ0) is 31.3. The Morgan fingerprint density at radius 2 is 1.69 bits per heavy atom. The molecule has 226 valence electrons. The van der Waals surface area contributed by atoms with Gasteiger partial charge in [0.25, 0.3) is 5.56 Å². The van der Waals surface area contributed by atoms with Crippen LogP contribution in [0.4, 0.5) is 0 Å². The summed E-state index contributed by atoms with van der Waals surface area (Å²) in [5, 5.41) is 0.657. The number of benzene rings is 4. The summed E-state index contributed by atoms with van der Waals surface area (Å²) < 4.78 is 13.6. The molecule has 1 aromatic heterocycles. The fourth-order valence-electron chi connectivity index (χ4n) is 5.13. The van der Waals surface area contributed by atoms with Crippen LogP contribution < -0.4 is 19.6 Å². The van der Waals surface area contributed by atoms with Crippen molar-refractivity contribution in [3.63, 3.8) is 0 Å². The number of ether oxygens (including phenoxy) is 2. The maximum atomic E-state index is 14.1. The maximum absolute atomic E-state index is 14.1. The molecule has 0 aliphatic carbocycles. The molecule has 0 fully saturated rings. The minimum atomic E-state index is -0.714. The number of hydrogen-bond acceptors (Lipinski definition) is 7. The summed E-state index contributed by atoms with van der Waals surface area (Å²) in [7, 11) is 0. The van der Waals surface area contributed by atoms with E-state index >= 15 is 0 Å². The van der Waals surface area contributed by atoms with Gasteiger partial charge in [-0.1, -0.05) is 95.7 Å². The lowest BCUT2D eigenvalue weighted by molar-refractivity contribution is -0.138. The average molecular weight is 653 g/mol. The zero-order valence-corrected chi connectivity index (χ0v) is 27.0. The van der Waals surface area contributed by atoms with Gasteiger partial charge in [-0.3, -0.25) is 9.36 Å². The van der Waals surface area contributed by atoms with Crippen LogP contribution in [0.25, 0.3) is 11.8 Å². The molecule has 0 spiro atoms. The van der Waals surface area contributed by atoms with E-state index < -0.39 is 12.0 Å². The molecule has 0 radical (unpaired) electrons. The van der Waals surface area contributed by atoms with Crippen LogP contribution >= 0.6 is 34.7 Å². The van der Waals surface area contributed by atoms with E-state index in [1.54, 1.807) is 23.3 Å². The van der Waals surface area contributed by atoms with Crippen LogP contribution in [0.1, 0.15) is 35.2 Å². The molecular weight excluding hydrogens is 624 g/mol. The van der Waals surface area contributed by atoms with Gasteiger partial charge in [-0.2, -0.15) is 0 Å². The number of fused-ring (bicyclic) bond motifs is 1. The number of hydrogen-bond donors (Lipinski definition) is 0. The van der Waals surface area contributed by atoms with Crippen LogP contribution in [0.15, 0.2) is 123 Å². The first-order valence-corrected chi connectivity index (χ1v) is 16.8. The molecule has 0 saturated heterocycles. The molecule has 0 bridgehead atoms. The Balaban J connectivity index is 1.44. The third kappa shape index (κ3) is 6.54. The van der Waals surface area contributed by atoms with Gasteiger partial charge in [-0.05, 0) is 60.7 Å². The van der Waals surface area contributed by atoms with E-state index in [-0.39, 0.29) is 12.2 Å². The molecule has 9 heteroatoms. The lowest BCUT2D eigenvalue weighted by Crippen LogP contribution is -2.40. The largest absolute Gasteiger partial charge is 0.489 e. The van der Waals surface area contributed by atoms with Crippen molar-refractivity contribution in [2.75, 3.05) is 12.9 Å². The third-order valence-electron chi connectivity index (χ3n) is 7.34. The van der Waals surface area contributed by atoms with Crippen LogP contribution in [-0.2, 0) is 16.1 Å². The van der Waals surface area contributed by atoms with Crippen LogP contribution in [-0.4, -0.2) is 23.4 Å². The number of nitrogens with zero attached hydrogens (tertiary/aromatic N) is 2. The highest BCUT2D eigenvalue weighted by Crippen LogP contribution is 2.35. The molecule has 45 heavy (non-hydrogen) atoms. The maximum Gasteiger partial charge on any atom is 0.338 e. The second-order valence-electron chi connectivity index (χ2n) is 10.2. The summed E-state index contributed by atoms with van der Waals surface area (Å²) in [5.74, 6) is 0.189. The summed E-state index contributed by atoms with van der Waals surface area (Å²) in [6.45, 7) is 2.32. The molecule has 1 aliphatic heterocycles. The van der Waals surface area contributed by atoms with E-state index in [4.69, 9.17) is 26.1 Å². The fraction of sp³-hybridized carbons (Fsp3) is 0.139. The summed E-state index contributed by atoms with van der Waals surface area (Å²) in [6, 6.07) is 31.8. The summed E-state index contributed by atoms with van der Waals surface area (Å²) in [4.78, 5) is 34.2. The quantitative estimate of drug-likeness (QED) is 0.128. The predicted molar refractivity (Wildman–Crippen MR) is 182 cm³/mol. The normalized spacial score (nSPS) is 14.6. The van der Waals surface area contributed by atoms with Gasteiger partial charge in [0, 0.05) is 21.0 Å². The van der Waals surface area contributed by atoms with E-state index in [0.717, 1.165) is 27.1 Å². The Bertz CT molecular complexity index is 2050. The van der Waals surface area contributed by atoms with Gasteiger partial charge < -0.3 is 9.47 Å². The number of esters is 1. The van der Waals surface area contributed by atoms with E-state index in [1.807, 2.05) is 115 Å². The molecule has 6 rings (SSSR count). The van der Waals surface area contributed by atoms with Gasteiger partial charge in [0.2, 0.25) is 0 Å². The molecule has 1 aliphatic rings. The van der Waals surface area contributed by atoms with Crippen molar-refractivity contribution < 1.29 is 14.3 Å². The number of carbonyl (C=O) groups excluding carboxylic acids is 1. The second-order valence-corrected chi connectivity index (χ2v) is 12.4. The van der Waals surface area contributed by atoms with Crippen molar-refractivity contribution in [3.05, 3.63) is 156 Å². The molecule has 1 atom stereocenters. The monoisotopic (exact) mass is 652 g/mol. The minimum Gasteiger partial charge on any atom is -0.489 e. The van der Waals surface area contributed by atoms with E-state index in [1.165, 1.54) is 11.3 Å². The van der Waals surface area contributed by atoms with Gasteiger partial charge in [-0.25, -0.2) is 9.79 Å². The van der Waals surface area contributed by atoms with Gasteiger partial charge in [-0.15, -0.1) is 11.8 Å². The molecule has 6 nitrogen and oxygen atoms in total. The molecule has 0 N–H and O–H groups in total. The minimum absolute atomic E-state index is 0.199. The molecule has 5 aromatic rings. The number of rotatable bonds is 9. The summed E-state index contributed by atoms with van der Waals surface area (Å²) in [6.07, 6.45) is 3.85. The number of thiazole rings is 1. The van der Waals surface area contributed by atoms with Crippen molar-refractivity contribution in [1.29, 1.82) is 0 Å². The van der Waals surface area contributed by atoms with E-state index in [0.29, 0.717) is 38.0 Å². The molecule has 2 heterocycles. The van der Waals surface area contributed by atoms with Crippen LogP contribution in [0.3, 0.4) is 0 Å². The highest BCUT2D eigenvalue weighted by molar-refractivity contribution is 7.98. The topological polar surface area (TPSA) is 69.9 Å². The first-order chi connectivity index (χ1) is 22.0. The Hall–Kier alpha value is -4.37. The lowest BCUT2D eigenvalue weighted by Gasteiger charge is -2.26. The first-order valence-electron chi connectivity index (χ1n) is 14.4. The fourth-order valence-corrected chi connectivity index (χ4v) is 6.73. The highest BCUT2D eigenvalue weighted by atomic mass is 35.5. The van der Waals surface area contributed by atoms with Gasteiger partial charge >= 0.3 is 5.97 Å². The summed E-state index contributed by atoms with van der Waals surface area (Å²) in [5.41, 5.74) is 3.91. The number of aromatic nitrogens is 1. The summed E-state index contributed by atoms with van der Waals surface area (Å²) >= 11 is 9.18. The highest BCUT2D eigenvalue weighted by Gasteiger charge is 2.35. The Labute approximate surface area is 274 Å². The van der Waals surface area contributed by atoms with Crippen molar-refractivity contribution in [2.24, 2.45) is 4.99 Å². The Morgan fingerprint density at radius 3 is 2.38 bits per heavy atom. The average Bonchev–Trinajstić information content (AvgIpc) is 3.38. The molecule has 0 saturated carbocycles. The number of carbonyl (C=O) groups is 1. The van der Waals surface area contributed by atoms with Crippen LogP contribution in [0.5, 0.6) is 5.75 Å². The molecule has 1 unspecified atom stereocenters. The number of halogens is 1. The van der Waals surface area contributed by atoms with Crippen molar-refractivity contribution in [3.8, 4) is 5.75 Å². The zero-order valence-electron chi connectivity index (χ0n) is 24.6. The van der Waals surface area contributed by atoms with Gasteiger partial charge in [0.1, 0.15) is 12.4 Å². The molecule has 4 aromatic carbocycles. The Kier molecular flexibility index (Phi) is 9.35. The third-order valence-corrected chi connectivity index (χ3v) is 9.43. The second kappa shape index (κ2) is 13.7. The smallest absolute Gasteiger partial charge is 0.338 e. The standard InChI is InChI=1S/C36H29ClN2O4S2/c1-3-42-35(41)31-32(24-9-5-4-6-10-24)38-36-39(33(31)25-15-19-28(44-2)20-16-25)34(40)30(45-36)21-23-13-17-27(18-14-23)43-22-26-11-7-8-12-29(26)37/h4-21,33H,3,22H2,1-2H3/b30-21-. The van der Waals surface area contributed by atoms with Crippen LogP contribution in [0, 0.1) is 0 Å². The Morgan fingerprint density at radius 1 is 0.978 bits per heavy atom. The SMILES string of the molecule is CCOC(=O)C1=C(c2ccccc2)N=c2s/c(=C\c3ccc(OCc4ccccc4Cl)cc3)c(=O)n2C1c1ccc(SC)cc1. The molecule has 0 amide bonds. The van der Waals surface area contributed by atoms with Gasteiger partial charge in [0.05, 0.1) is 28.5 Å². The predicted octanol–water partition coefficient (Wildman–Crippen LogP) is 6.89. The lowest BCUT2D eigenvalue weighted by atomic mass is 9.93. The van der Waals surface area contributed by atoms with Crippen molar-refractivity contribution in [2.45, 2.75) is 24.5 Å².